The second-order valence-electron chi connectivity index (χ2n) is 7.16. The Balaban J connectivity index is 1.53. The Morgan fingerprint density at radius 3 is 2.27 bits per heavy atom. The second-order valence-corrected chi connectivity index (χ2v) is 7.16. The number of likely N-dealkylation sites (tertiary alicyclic amines) is 1. The van der Waals surface area contributed by atoms with Gasteiger partial charge in [-0.15, -0.1) is 0 Å². The molecule has 1 aromatic carbocycles. The van der Waals surface area contributed by atoms with Crippen LogP contribution in [0.5, 0.6) is 5.75 Å². The van der Waals surface area contributed by atoms with E-state index in [0.29, 0.717) is 38.5 Å². The van der Waals surface area contributed by atoms with Crippen molar-refractivity contribution in [1.29, 1.82) is 0 Å². The molecule has 26 heavy (non-hydrogen) atoms. The summed E-state index contributed by atoms with van der Waals surface area (Å²) in [6, 6.07) is 8.54. The van der Waals surface area contributed by atoms with E-state index in [2.05, 4.69) is 17.0 Å². The van der Waals surface area contributed by atoms with Gasteiger partial charge in [0.1, 0.15) is 5.75 Å². The van der Waals surface area contributed by atoms with E-state index in [9.17, 15) is 9.59 Å². The summed E-state index contributed by atoms with van der Waals surface area (Å²) in [5, 5.41) is 0. The normalized spacial score (nSPS) is 18.0. The molecular weight excluding hydrogens is 332 g/mol. The number of piperidine rings is 1. The third-order valence-electron chi connectivity index (χ3n) is 5.33. The van der Waals surface area contributed by atoms with E-state index in [1.807, 2.05) is 17.0 Å². The van der Waals surface area contributed by atoms with Crippen molar-refractivity contribution < 1.29 is 19.1 Å². The zero-order valence-electron chi connectivity index (χ0n) is 15.6. The predicted molar refractivity (Wildman–Crippen MR) is 97.7 cm³/mol. The summed E-state index contributed by atoms with van der Waals surface area (Å²) in [7, 11) is 3.08. The van der Waals surface area contributed by atoms with Crippen molar-refractivity contribution >= 4 is 11.9 Å². The van der Waals surface area contributed by atoms with Crippen LogP contribution in [0.2, 0.25) is 0 Å². The Labute approximate surface area is 155 Å². The van der Waals surface area contributed by atoms with Gasteiger partial charge in [0, 0.05) is 25.7 Å². The van der Waals surface area contributed by atoms with Crippen LogP contribution in [-0.2, 0) is 20.9 Å². The maximum Gasteiger partial charge on any atom is 0.308 e. The molecule has 1 aliphatic heterocycles. The molecule has 1 saturated heterocycles. The maximum atomic E-state index is 12.7. The van der Waals surface area contributed by atoms with Gasteiger partial charge in [0.2, 0.25) is 5.91 Å². The number of rotatable bonds is 7. The van der Waals surface area contributed by atoms with Crippen LogP contribution in [0.4, 0.5) is 0 Å². The zero-order valence-corrected chi connectivity index (χ0v) is 15.6. The minimum Gasteiger partial charge on any atom is -0.497 e. The number of hydrogen-bond acceptors (Lipinski definition) is 5. The van der Waals surface area contributed by atoms with Gasteiger partial charge in [-0.2, -0.15) is 0 Å². The molecule has 0 spiro atoms. The van der Waals surface area contributed by atoms with Crippen LogP contribution in [0.15, 0.2) is 24.3 Å². The van der Waals surface area contributed by atoms with E-state index in [-0.39, 0.29) is 17.8 Å². The van der Waals surface area contributed by atoms with Crippen molar-refractivity contribution in [2.75, 3.05) is 33.9 Å². The van der Waals surface area contributed by atoms with E-state index in [0.717, 1.165) is 25.1 Å². The molecule has 0 atom stereocenters. The molecule has 0 unspecified atom stereocenters. The predicted octanol–water partition coefficient (Wildman–Crippen LogP) is 2.07. The Morgan fingerprint density at radius 2 is 1.73 bits per heavy atom. The second kappa shape index (κ2) is 8.54. The van der Waals surface area contributed by atoms with Gasteiger partial charge in [-0.3, -0.25) is 14.5 Å². The molecule has 0 radical (unpaired) electrons. The third kappa shape index (κ3) is 4.75. The number of hydrogen-bond donors (Lipinski definition) is 0. The van der Waals surface area contributed by atoms with Crippen molar-refractivity contribution in [3.05, 3.63) is 29.8 Å². The van der Waals surface area contributed by atoms with Crippen LogP contribution >= 0.6 is 0 Å². The molecule has 0 N–H and O–H groups in total. The quantitative estimate of drug-likeness (QED) is 0.697. The fourth-order valence-electron chi connectivity index (χ4n) is 3.52. The van der Waals surface area contributed by atoms with Crippen LogP contribution < -0.4 is 4.74 Å². The summed E-state index contributed by atoms with van der Waals surface area (Å²) < 4.78 is 10.0. The summed E-state index contributed by atoms with van der Waals surface area (Å²) in [5.41, 5.74) is 1.19. The zero-order chi connectivity index (χ0) is 18.5. The molecule has 1 amide bonds. The first-order valence-electron chi connectivity index (χ1n) is 9.33. The molecule has 0 bridgehead atoms. The van der Waals surface area contributed by atoms with E-state index in [1.165, 1.54) is 12.7 Å². The molecule has 1 saturated carbocycles. The molecule has 3 rings (SSSR count). The van der Waals surface area contributed by atoms with Crippen molar-refractivity contribution in [3.8, 4) is 5.75 Å². The molecular formula is C20H28N2O4. The Kier molecular flexibility index (Phi) is 6.14. The van der Waals surface area contributed by atoms with Crippen LogP contribution in [-0.4, -0.2) is 61.6 Å². The molecule has 142 valence electrons. The summed E-state index contributed by atoms with van der Waals surface area (Å²) in [6.07, 6.45) is 3.71. The average Bonchev–Trinajstić information content (AvgIpc) is 3.52. The van der Waals surface area contributed by atoms with E-state index in [4.69, 9.17) is 9.47 Å². The highest BCUT2D eigenvalue weighted by molar-refractivity contribution is 5.79. The smallest absolute Gasteiger partial charge is 0.308 e. The number of nitrogens with zero attached hydrogens (tertiary/aromatic N) is 2. The van der Waals surface area contributed by atoms with Gasteiger partial charge in [0.15, 0.2) is 0 Å². The fraction of sp³-hybridized carbons (Fsp3) is 0.600. The Morgan fingerprint density at radius 1 is 1.08 bits per heavy atom. The summed E-state index contributed by atoms with van der Waals surface area (Å²) in [4.78, 5) is 28.5. The van der Waals surface area contributed by atoms with Gasteiger partial charge < -0.3 is 14.4 Å². The van der Waals surface area contributed by atoms with Gasteiger partial charge in [-0.25, -0.2) is 0 Å². The number of amides is 1. The lowest BCUT2D eigenvalue weighted by atomic mass is 9.97. The fourth-order valence-corrected chi connectivity index (χ4v) is 3.52. The Bertz CT molecular complexity index is 619. The topological polar surface area (TPSA) is 59.1 Å². The largest absolute Gasteiger partial charge is 0.497 e. The molecule has 6 nitrogen and oxygen atoms in total. The van der Waals surface area contributed by atoms with E-state index < -0.39 is 0 Å². The highest BCUT2D eigenvalue weighted by Crippen LogP contribution is 2.29. The minimum absolute atomic E-state index is 0.0668. The average molecular weight is 360 g/mol. The number of benzene rings is 1. The highest BCUT2D eigenvalue weighted by atomic mass is 16.5. The molecule has 0 aromatic heterocycles. The van der Waals surface area contributed by atoms with Crippen LogP contribution in [0.25, 0.3) is 0 Å². The minimum atomic E-state index is -0.156. The summed E-state index contributed by atoms with van der Waals surface area (Å²) in [6.45, 7) is 2.50. The first-order chi connectivity index (χ1) is 12.6. The van der Waals surface area contributed by atoms with Gasteiger partial charge >= 0.3 is 5.97 Å². The van der Waals surface area contributed by atoms with Gasteiger partial charge in [-0.05, 0) is 43.4 Å². The van der Waals surface area contributed by atoms with Crippen molar-refractivity contribution in [2.24, 2.45) is 5.92 Å². The number of carbonyl (C=O) groups excluding carboxylic acids is 2. The van der Waals surface area contributed by atoms with E-state index in [1.54, 1.807) is 7.11 Å². The van der Waals surface area contributed by atoms with Crippen molar-refractivity contribution in [1.82, 2.24) is 9.80 Å². The summed E-state index contributed by atoms with van der Waals surface area (Å²) >= 11 is 0. The molecule has 1 aromatic rings. The number of methoxy groups -OCH3 is 2. The first kappa shape index (κ1) is 18.7. The third-order valence-corrected chi connectivity index (χ3v) is 5.33. The number of ether oxygens (including phenoxy) is 2. The first-order valence-corrected chi connectivity index (χ1v) is 9.33. The number of carbonyl (C=O) groups is 2. The lowest BCUT2D eigenvalue weighted by Gasteiger charge is -2.32. The van der Waals surface area contributed by atoms with Crippen LogP contribution in [0.3, 0.4) is 0 Å². The molecule has 2 fully saturated rings. The van der Waals surface area contributed by atoms with Crippen LogP contribution in [0.1, 0.15) is 31.2 Å². The lowest BCUT2D eigenvalue weighted by molar-refractivity contribution is -0.149. The molecule has 6 heteroatoms. The standard InChI is InChI=1S/C20H28N2O4/c1-25-18-7-3-15(4-8-18)13-22(17-5-6-17)14-19(23)21-11-9-16(10-12-21)20(24)26-2/h3-4,7-8,16-17H,5-6,9-14H2,1-2H3. The maximum absolute atomic E-state index is 12.7. The lowest BCUT2D eigenvalue weighted by Crippen LogP contribution is -2.45. The number of esters is 1. The summed E-state index contributed by atoms with van der Waals surface area (Å²) in [5.74, 6) is 0.782. The van der Waals surface area contributed by atoms with Crippen LogP contribution in [0, 0.1) is 5.92 Å². The SMILES string of the molecule is COC(=O)C1CCN(C(=O)CN(Cc2ccc(OC)cc2)C2CC2)CC1. The van der Waals surface area contributed by atoms with Gasteiger partial charge in [-0.1, -0.05) is 12.1 Å². The monoisotopic (exact) mass is 360 g/mol. The van der Waals surface area contributed by atoms with Gasteiger partial charge in [0.25, 0.3) is 0 Å². The van der Waals surface area contributed by atoms with Crippen molar-refractivity contribution in [3.63, 3.8) is 0 Å². The molecule has 1 aliphatic carbocycles. The Hall–Kier alpha value is -2.08. The molecule has 1 heterocycles. The van der Waals surface area contributed by atoms with Crippen molar-refractivity contribution in [2.45, 2.75) is 38.3 Å². The van der Waals surface area contributed by atoms with Gasteiger partial charge in [0.05, 0.1) is 26.7 Å². The highest BCUT2D eigenvalue weighted by Gasteiger charge is 2.33. The van der Waals surface area contributed by atoms with E-state index >= 15 is 0 Å². The molecule has 2 aliphatic rings.